The van der Waals surface area contributed by atoms with Crippen molar-refractivity contribution in [3.8, 4) is 5.75 Å². The normalized spacial score (nSPS) is 19.6. The number of carboxylic acids is 1. The summed E-state index contributed by atoms with van der Waals surface area (Å²) in [6.45, 7) is 4.31. The topological polar surface area (TPSA) is 96.8 Å². The van der Waals surface area contributed by atoms with Crippen LogP contribution in [0.1, 0.15) is 35.8 Å². The number of carbonyl (C=O) groups is 1. The van der Waals surface area contributed by atoms with Crippen LogP contribution in [-0.2, 0) is 10.0 Å². The fourth-order valence-corrected chi connectivity index (χ4v) is 5.50. The molecule has 0 radical (unpaired) electrons. The molecule has 0 amide bonds. The lowest BCUT2D eigenvalue weighted by molar-refractivity contribution is 0.0196. The van der Waals surface area contributed by atoms with Crippen molar-refractivity contribution in [2.75, 3.05) is 13.7 Å². The van der Waals surface area contributed by atoms with Crippen molar-refractivity contribution >= 4 is 16.0 Å². The van der Waals surface area contributed by atoms with Crippen LogP contribution in [0.25, 0.3) is 0 Å². The molecule has 0 aliphatic carbocycles. The summed E-state index contributed by atoms with van der Waals surface area (Å²) in [5, 5.41) is 9.21. The lowest BCUT2D eigenvalue weighted by atomic mass is 9.74. The first-order chi connectivity index (χ1) is 12.2. The first-order valence-electron chi connectivity index (χ1n) is 8.01. The number of nitrogens with zero attached hydrogens (tertiary/aromatic N) is 2. The molecule has 0 saturated carbocycles. The molecule has 0 spiro atoms. The monoisotopic (exact) mass is 376 g/mol. The van der Waals surface area contributed by atoms with E-state index in [1.807, 2.05) is 13.8 Å². The van der Waals surface area contributed by atoms with Gasteiger partial charge >= 0.3 is 5.97 Å². The molecule has 138 valence electrons. The number of methoxy groups -OCH3 is 1. The van der Waals surface area contributed by atoms with Crippen molar-refractivity contribution in [1.29, 1.82) is 0 Å². The van der Waals surface area contributed by atoms with Gasteiger partial charge in [-0.3, -0.25) is 4.98 Å². The number of aromatic nitrogens is 1. The third-order valence-electron chi connectivity index (χ3n) is 4.61. The Balaban J connectivity index is 2.09. The molecule has 1 saturated heterocycles. The van der Waals surface area contributed by atoms with Crippen LogP contribution in [0.2, 0.25) is 0 Å². The van der Waals surface area contributed by atoms with Gasteiger partial charge in [-0.05, 0) is 41.3 Å². The number of ether oxygens (including phenoxy) is 1. The van der Waals surface area contributed by atoms with Gasteiger partial charge in [-0.25, -0.2) is 13.2 Å². The number of hydrogen-bond donors (Lipinski definition) is 1. The van der Waals surface area contributed by atoms with Crippen LogP contribution in [0.15, 0.2) is 47.6 Å². The summed E-state index contributed by atoms with van der Waals surface area (Å²) in [6.07, 6.45) is 3.25. The molecule has 1 unspecified atom stereocenters. The van der Waals surface area contributed by atoms with E-state index in [0.717, 1.165) is 11.6 Å². The minimum absolute atomic E-state index is 0.107. The van der Waals surface area contributed by atoms with Gasteiger partial charge in [0.05, 0.1) is 18.7 Å². The molecule has 3 rings (SSSR count). The van der Waals surface area contributed by atoms with Crippen LogP contribution in [0.5, 0.6) is 5.75 Å². The molecule has 1 aromatic heterocycles. The van der Waals surface area contributed by atoms with Gasteiger partial charge in [-0.1, -0.05) is 13.8 Å². The Morgan fingerprint density at radius 2 is 1.92 bits per heavy atom. The summed E-state index contributed by atoms with van der Waals surface area (Å²) >= 11 is 0. The van der Waals surface area contributed by atoms with Gasteiger partial charge in [0.25, 0.3) is 0 Å². The standard InChI is InChI=1S/C18H20N2O5S/c1-18(2)11-20(16(18)12-6-8-19-9-7-12)26(23,24)15-10-13(17(21)22)4-5-14(15)25-3/h4-10,16H,11H2,1-3H3,(H,21,22). The first-order valence-corrected chi connectivity index (χ1v) is 9.45. The molecule has 1 N–H and O–H groups in total. The average molecular weight is 376 g/mol. The number of pyridine rings is 1. The van der Waals surface area contributed by atoms with Gasteiger partial charge in [0.1, 0.15) is 10.6 Å². The molecular formula is C18H20N2O5S. The highest BCUT2D eigenvalue weighted by atomic mass is 32.2. The molecule has 1 fully saturated rings. The quantitative estimate of drug-likeness (QED) is 0.861. The van der Waals surface area contributed by atoms with Gasteiger partial charge in [0.15, 0.2) is 0 Å². The fraction of sp³-hybridized carbons (Fsp3) is 0.333. The molecule has 1 aliphatic rings. The predicted molar refractivity (Wildman–Crippen MR) is 94.6 cm³/mol. The van der Waals surface area contributed by atoms with E-state index in [0.29, 0.717) is 6.54 Å². The maximum atomic E-state index is 13.3. The summed E-state index contributed by atoms with van der Waals surface area (Å²) in [4.78, 5) is 15.1. The van der Waals surface area contributed by atoms with Crippen LogP contribution in [-0.4, -0.2) is 42.4 Å². The van der Waals surface area contributed by atoms with Gasteiger partial charge in [0.2, 0.25) is 10.0 Å². The lowest BCUT2D eigenvalue weighted by Crippen LogP contribution is -2.57. The van der Waals surface area contributed by atoms with Crippen LogP contribution in [0.3, 0.4) is 0 Å². The van der Waals surface area contributed by atoms with E-state index in [9.17, 15) is 18.3 Å². The van der Waals surface area contributed by atoms with Crippen LogP contribution >= 0.6 is 0 Å². The highest BCUT2D eigenvalue weighted by Gasteiger charge is 2.52. The van der Waals surface area contributed by atoms with Crippen molar-refractivity contribution in [3.05, 3.63) is 53.9 Å². The average Bonchev–Trinajstić information content (AvgIpc) is 2.60. The zero-order chi connectivity index (χ0) is 19.1. The molecule has 1 aromatic carbocycles. The number of benzene rings is 1. The Morgan fingerprint density at radius 1 is 1.27 bits per heavy atom. The molecular weight excluding hydrogens is 356 g/mol. The Labute approximate surface area is 152 Å². The maximum absolute atomic E-state index is 13.3. The summed E-state index contributed by atoms with van der Waals surface area (Å²) in [5.41, 5.74) is 0.476. The van der Waals surface area contributed by atoms with Gasteiger partial charge < -0.3 is 9.84 Å². The van der Waals surface area contributed by atoms with Crippen molar-refractivity contribution in [2.24, 2.45) is 5.41 Å². The minimum Gasteiger partial charge on any atom is -0.495 e. The molecule has 0 bridgehead atoms. The maximum Gasteiger partial charge on any atom is 0.335 e. The van der Waals surface area contributed by atoms with Crippen molar-refractivity contribution in [1.82, 2.24) is 9.29 Å². The predicted octanol–water partition coefficient (Wildman–Crippen LogP) is 2.56. The summed E-state index contributed by atoms with van der Waals surface area (Å²) < 4.78 is 33.1. The molecule has 2 aromatic rings. The van der Waals surface area contributed by atoms with Crippen LogP contribution in [0, 0.1) is 5.41 Å². The third-order valence-corrected chi connectivity index (χ3v) is 6.44. The largest absolute Gasteiger partial charge is 0.495 e. The van der Waals surface area contributed by atoms with E-state index in [2.05, 4.69) is 4.98 Å². The Hall–Kier alpha value is -2.45. The minimum atomic E-state index is -3.94. The third kappa shape index (κ3) is 2.95. The van der Waals surface area contributed by atoms with E-state index in [-0.39, 0.29) is 27.7 Å². The van der Waals surface area contributed by atoms with E-state index in [4.69, 9.17) is 4.74 Å². The lowest BCUT2D eigenvalue weighted by Gasteiger charge is -2.53. The Morgan fingerprint density at radius 3 is 2.46 bits per heavy atom. The van der Waals surface area contributed by atoms with E-state index in [1.165, 1.54) is 23.5 Å². The molecule has 1 atom stereocenters. The Kier molecular flexibility index (Phi) is 4.49. The van der Waals surface area contributed by atoms with Crippen LogP contribution in [0.4, 0.5) is 0 Å². The summed E-state index contributed by atoms with van der Waals surface area (Å²) in [5.74, 6) is -1.08. The number of carboxylic acid groups (broad SMARTS) is 1. The van der Waals surface area contributed by atoms with Gasteiger partial charge in [0, 0.05) is 18.9 Å². The second kappa shape index (κ2) is 6.37. The summed E-state index contributed by atoms with van der Waals surface area (Å²) in [7, 11) is -2.59. The van der Waals surface area contributed by atoms with Gasteiger partial charge in [-0.2, -0.15) is 4.31 Å². The van der Waals surface area contributed by atoms with Crippen molar-refractivity contribution in [3.63, 3.8) is 0 Å². The van der Waals surface area contributed by atoms with Crippen LogP contribution < -0.4 is 4.74 Å². The molecule has 1 aliphatic heterocycles. The second-order valence-electron chi connectivity index (χ2n) is 6.89. The van der Waals surface area contributed by atoms with Gasteiger partial charge in [-0.15, -0.1) is 0 Å². The molecule has 8 heteroatoms. The molecule has 26 heavy (non-hydrogen) atoms. The van der Waals surface area contributed by atoms with E-state index in [1.54, 1.807) is 24.5 Å². The number of rotatable bonds is 5. The SMILES string of the molecule is COc1ccc(C(=O)O)cc1S(=O)(=O)N1CC(C)(C)C1c1ccncc1. The molecule has 7 nitrogen and oxygen atoms in total. The highest BCUT2D eigenvalue weighted by Crippen LogP contribution is 2.51. The highest BCUT2D eigenvalue weighted by molar-refractivity contribution is 7.89. The van der Waals surface area contributed by atoms with E-state index < -0.39 is 16.0 Å². The van der Waals surface area contributed by atoms with Crippen molar-refractivity contribution < 1.29 is 23.1 Å². The molecule has 2 heterocycles. The Bertz CT molecular complexity index is 941. The smallest absolute Gasteiger partial charge is 0.335 e. The summed E-state index contributed by atoms with van der Waals surface area (Å²) in [6, 6.07) is 7.04. The number of aromatic carboxylic acids is 1. The fourth-order valence-electron chi connectivity index (χ4n) is 3.38. The van der Waals surface area contributed by atoms with Crippen molar-refractivity contribution in [2.45, 2.75) is 24.8 Å². The zero-order valence-corrected chi connectivity index (χ0v) is 15.5. The first kappa shape index (κ1) is 18.3. The second-order valence-corrected chi connectivity index (χ2v) is 8.75. The van der Waals surface area contributed by atoms with E-state index >= 15 is 0 Å². The number of sulfonamides is 1. The number of hydrogen-bond acceptors (Lipinski definition) is 5. The zero-order valence-electron chi connectivity index (χ0n) is 14.7.